The fourth-order valence-electron chi connectivity index (χ4n) is 0.848. The number of hydrogen-bond acceptors (Lipinski definition) is 2. The van der Waals surface area contributed by atoms with Gasteiger partial charge < -0.3 is 0 Å². The molecule has 2 nitrogen and oxygen atoms in total. The van der Waals surface area contributed by atoms with Gasteiger partial charge in [-0.3, -0.25) is 0 Å². The van der Waals surface area contributed by atoms with E-state index in [0.717, 1.165) is 6.26 Å². The fraction of sp³-hybridized carbons (Fsp3) is 0.143. The van der Waals surface area contributed by atoms with Crippen molar-refractivity contribution in [1.82, 2.24) is 0 Å². The number of benzene rings is 1. The van der Waals surface area contributed by atoms with Gasteiger partial charge >= 0.3 is 0 Å². The Labute approximate surface area is 94.9 Å². The maximum Gasteiger partial charge on any atom is 0.178 e. The van der Waals surface area contributed by atoms with Crippen molar-refractivity contribution in [2.45, 2.75) is 4.90 Å². The van der Waals surface area contributed by atoms with Crippen LogP contribution in [0.4, 0.5) is 0 Å². The minimum atomic E-state index is -3.38. The summed E-state index contributed by atoms with van der Waals surface area (Å²) in [7, 11) is -3.38. The standard InChI is InChI=1S/C7H5BrCl2O2S/c1-13(11,12)7-5(9)3-2-4(8)6(7)10/h2-3H,1H3. The van der Waals surface area contributed by atoms with Crippen molar-refractivity contribution in [2.75, 3.05) is 6.26 Å². The highest BCUT2D eigenvalue weighted by atomic mass is 79.9. The average Bonchev–Trinajstić information content (AvgIpc) is 1.95. The lowest BCUT2D eigenvalue weighted by Crippen LogP contribution is -1.99. The Balaban J connectivity index is 3.62. The van der Waals surface area contributed by atoms with Gasteiger partial charge in [-0.15, -0.1) is 0 Å². The topological polar surface area (TPSA) is 34.1 Å². The van der Waals surface area contributed by atoms with Crippen LogP contribution in [0.25, 0.3) is 0 Å². The number of hydrogen-bond donors (Lipinski definition) is 0. The molecule has 1 aromatic carbocycles. The second-order valence-corrected chi connectivity index (χ2v) is 6.04. The molecular weight excluding hydrogens is 299 g/mol. The van der Waals surface area contributed by atoms with Gasteiger partial charge in [0.05, 0.1) is 10.0 Å². The zero-order valence-electron chi connectivity index (χ0n) is 6.51. The lowest BCUT2D eigenvalue weighted by atomic mass is 10.4. The van der Waals surface area contributed by atoms with Gasteiger partial charge in [0.2, 0.25) is 0 Å². The third-order valence-corrected chi connectivity index (χ3v) is 4.36. The molecule has 0 aliphatic carbocycles. The SMILES string of the molecule is CS(=O)(=O)c1c(Cl)ccc(Br)c1Cl. The normalized spacial score (nSPS) is 11.7. The summed E-state index contributed by atoms with van der Waals surface area (Å²) in [6.45, 7) is 0. The van der Waals surface area contributed by atoms with E-state index < -0.39 is 9.84 Å². The molecule has 0 saturated carbocycles. The molecule has 0 saturated heterocycles. The van der Waals surface area contributed by atoms with Crippen molar-refractivity contribution in [3.05, 3.63) is 26.7 Å². The van der Waals surface area contributed by atoms with Crippen LogP contribution in [0.15, 0.2) is 21.5 Å². The molecule has 0 atom stereocenters. The molecule has 0 aromatic heterocycles. The van der Waals surface area contributed by atoms with Gasteiger partial charge in [0.15, 0.2) is 9.84 Å². The quantitative estimate of drug-likeness (QED) is 0.747. The van der Waals surface area contributed by atoms with Gasteiger partial charge in [0.1, 0.15) is 4.90 Å². The Kier molecular flexibility index (Phi) is 3.28. The van der Waals surface area contributed by atoms with Crippen LogP contribution < -0.4 is 0 Å². The van der Waals surface area contributed by atoms with E-state index in [9.17, 15) is 8.42 Å². The molecule has 0 amide bonds. The third kappa shape index (κ3) is 2.37. The van der Waals surface area contributed by atoms with E-state index in [0.29, 0.717) is 4.47 Å². The van der Waals surface area contributed by atoms with Crippen molar-refractivity contribution in [3.8, 4) is 0 Å². The molecule has 0 fully saturated rings. The molecule has 0 N–H and O–H groups in total. The average molecular weight is 304 g/mol. The maximum absolute atomic E-state index is 11.2. The fourth-order valence-corrected chi connectivity index (χ4v) is 3.38. The molecule has 1 rings (SSSR count). The van der Waals surface area contributed by atoms with Crippen molar-refractivity contribution in [2.24, 2.45) is 0 Å². The van der Waals surface area contributed by atoms with Gasteiger partial charge in [0.25, 0.3) is 0 Å². The zero-order chi connectivity index (χ0) is 10.2. The Morgan fingerprint density at radius 3 is 2.23 bits per heavy atom. The zero-order valence-corrected chi connectivity index (χ0v) is 10.4. The summed E-state index contributed by atoms with van der Waals surface area (Å²) in [5.74, 6) is 0. The van der Waals surface area contributed by atoms with Crippen molar-refractivity contribution < 1.29 is 8.42 Å². The number of rotatable bonds is 1. The molecule has 1 aromatic rings. The molecular formula is C7H5BrCl2O2S. The van der Waals surface area contributed by atoms with Crippen molar-refractivity contribution in [3.63, 3.8) is 0 Å². The molecule has 6 heteroatoms. The summed E-state index contributed by atoms with van der Waals surface area (Å²) in [4.78, 5) is -0.0368. The monoisotopic (exact) mass is 302 g/mol. The van der Waals surface area contributed by atoms with Gasteiger partial charge in [0, 0.05) is 10.7 Å². The van der Waals surface area contributed by atoms with E-state index in [-0.39, 0.29) is 14.9 Å². The summed E-state index contributed by atoms with van der Waals surface area (Å²) in [6, 6.07) is 3.08. The Morgan fingerprint density at radius 1 is 1.31 bits per heavy atom. The molecule has 0 heterocycles. The van der Waals surface area contributed by atoms with Gasteiger partial charge in [-0.2, -0.15) is 0 Å². The number of halogens is 3. The largest absolute Gasteiger partial charge is 0.224 e. The van der Waals surface area contributed by atoms with Crippen LogP contribution in [0.2, 0.25) is 10.0 Å². The highest BCUT2D eigenvalue weighted by Gasteiger charge is 2.18. The first-order valence-electron chi connectivity index (χ1n) is 3.17. The van der Waals surface area contributed by atoms with E-state index in [1.54, 1.807) is 6.07 Å². The molecule has 72 valence electrons. The van der Waals surface area contributed by atoms with Gasteiger partial charge in [-0.1, -0.05) is 23.2 Å². The molecule has 0 aliphatic rings. The minimum Gasteiger partial charge on any atom is -0.224 e. The summed E-state index contributed by atoms with van der Waals surface area (Å²) in [5.41, 5.74) is 0. The predicted molar refractivity (Wildman–Crippen MR) is 57.3 cm³/mol. The molecule has 0 spiro atoms. The second-order valence-electron chi connectivity index (χ2n) is 2.44. The van der Waals surface area contributed by atoms with E-state index in [4.69, 9.17) is 23.2 Å². The van der Waals surface area contributed by atoms with E-state index >= 15 is 0 Å². The highest BCUT2D eigenvalue weighted by Crippen LogP contribution is 2.34. The summed E-state index contributed by atoms with van der Waals surface area (Å²) < 4.78 is 23.0. The van der Waals surface area contributed by atoms with Gasteiger partial charge in [-0.25, -0.2) is 8.42 Å². The lowest BCUT2D eigenvalue weighted by molar-refractivity contribution is 0.602. The van der Waals surface area contributed by atoms with Crippen LogP contribution in [0.5, 0.6) is 0 Å². The molecule has 0 radical (unpaired) electrons. The number of sulfone groups is 1. The van der Waals surface area contributed by atoms with E-state index in [1.807, 2.05) is 0 Å². The maximum atomic E-state index is 11.2. The van der Waals surface area contributed by atoms with Crippen LogP contribution >= 0.6 is 39.1 Å². The van der Waals surface area contributed by atoms with Crippen LogP contribution in [-0.4, -0.2) is 14.7 Å². The molecule has 0 aliphatic heterocycles. The van der Waals surface area contributed by atoms with E-state index in [1.165, 1.54) is 6.07 Å². The van der Waals surface area contributed by atoms with Crippen LogP contribution in [0, 0.1) is 0 Å². The molecule has 0 bridgehead atoms. The lowest BCUT2D eigenvalue weighted by Gasteiger charge is -2.05. The van der Waals surface area contributed by atoms with Crippen LogP contribution in [0.3, 0.4) is 0 Å². The summed E-state index contributed by atoms with van der Waals surface area (Å²) in [6.07, 6.45) is 1.06. The predicted octanol–water partition coefficient (Wildman–Crippen LogP) is 3.16. The third-order valence-electron chi connectivity index (χ3n) is 1.37. The Morgan fingerprint density at radius 2 is 1.85 bits per heavy atom. The smallest absolute Gasteiger partial charge is 0.178 e. The highest BCUT2D eigenvalue weighted by molar-refractivity contribution is 9.10. The Bertz CT molecular complexity index is 442. The first-order valence-corrected chi connectivity index (χ1v) is 6.61. The minimum absolute atomic E-state index is 0.0368. The van der Waals surface area contributed by atoms with Crippen LogP contribution in [0.1, 0.15) is 0 Å². The van der Waals surface area contributed by atoms with Crippen molar-refractivity contribution >= 4 is 49.0 Å². The molecule has 13 heavy (non-hydrogen) atoms. The second kappa shape index (κ2) is 3.77. The van der Waals surface area contributed by atoms with Crippen LogP contribution in [-0.2, 0) is 9.84 Å². The summed E-state index contributed by atoms with van der Waals surface area (Å²) in [5, 5.41) is 0.255. The van der Waals surface area contributed by atoms with Crippen molar-refractivity contribution in [1.29, 1.82) is 0 Å². The summed E-state index contributed by atoms with van der Waals surface area (Å²) >= 11 is 14.6. The van der Waals surface area contributed by atoms with E-state index in [2.05, 4.69) is 15.9 Å². The molecule has 0 unspecified atom stereocenters. The first kappa shape index (κ1) is 11.3. The van der Waals surface area contributed by atoms with Gasteiger partial charge in [-0.05, 0) is 28.1 Å². The Hall–Kier alpha value is 0.230. The first-order chi connectivity index (χ1) is 5.84.